The molecule has 1 aromatic rings. The zero-order valence-electron chi connectivity index (χ0n) is 14.6. The lowest BCUT2D eigenvalue weighted by atomic mass is 9.97. The zero-order chi connectivity index (χ0) is 16.8. The highest BCUT2D eigenvalue weighted by molar-refractivity contribution is 7.99. The van der Waals surface area contributed by atoms with Gasteiger partial charge in [0.1, 0.15) is 0 Å². The first-order valence-electron chi connectivity index (χ1n) is 8.40. The molecule has 0 radical (unpaired) electrons. The maximum absolute atomic E-state index is 12.0. The van der Waals surface area contributed by atoms with E-state index in [1.807, 2.05) is 19.9 Å². The van der Waals surface area contributed by atoms with Crippen molar-refractivity contribution in [2.75, 3.05) is 25.4 Å². The Morgan fingerprint density at radius 2 is 2.09 bits per heavy atom. The first kappa shape index (κ1) is 18.2. The highest BCUT2D eigenvalue weighted by Gasteiger charge is 2.21. The van der Waals surface area contributed by atoms with Crippen molar-refractivity contribution in [3.05, 3.63) is 17.5 Å². The number of hydrogen-bond acceptors (Lipinski definition) is 5. The number of rotatable bonds is 6. The van der Waals surface area contributed by atoms with Crippen molar-refractivity contribution in [1.82, 2.24) is 20.2 Å². The standard InChI is InChI=1S/C17H28N4OS/c1-12(2)21-7-5-6-15(10-21)9-18-16(22)11-23-17-19-13(3)8-14(4)20-17/h8,12,15H,5-7,9-11H2,1-4H3,(H,18,22). The third kappa shape index (κ3) is 6.11. The highest BCUT2D eigenvalue weighted by Crippen LogP contribution is 2.18. The Morgan fingerprint density at radius 3 is 2.74 bits per heavy atom. The van der Waals surface area contributed by atoms with Crippen LogP contribution in [0.1, 0.15) is 38.1 Å². The van der Waals surface area contributed by atoms with Gasteiger partial charge in [-0.2, -0.15) is 0 Å². The maximum Gasteiger partial charge on any atom is 0.230 e. The average Bonchev–Trinajstić information content (AvgIpc) is 2.50. The number of aryl methyl sites for hydroxylation is 2. The summed E-state index contributed by atoms with van der Waals surface area (Å²) in [5, 5.41) is 3.75. The number of nitrogens with one attached hydrogen (secondary N) is 1. The summed E-state index contributed by atoms with van der Waals surface area (Å²) < 4.78 is 0. The molecule has 1 aromatic heterocycles. The van der Waals surface area contributed by atoms with Crippen molar-refractivity contribution in [1.29, 1.82) is 0 Å². The number of hydrogen-bond donors (Lipinski definition) is 1. The van der Waals surface area contributed by atoms with Crippen molar-refractivity contribution in [2.24, 2.45) is 5.92 Å². The summed E-state index contributed by atoms with van der Waals surface area (Å²) in [7, 11) is 0. The van der Waals surface area contributed by atoms with E-state index in [1.54, 1.807) is 0 Å². The third-order valence-electron chi connectivity index (χ3n) is 4.16. The van der Waals surface area contributed by atoms with Gasteiger partial charge in [-0.15, -0.1) is 0 Å². The minimum absolute atomic E-state index is 0.0689. The molecule has 1 fully saturated rings. The summed E-state index contributed by atoms with van der Waals surface area (Å²) in [5.74, 6) is 1.01. The van der Waals surface area contributed by atoms with Crippen LogP contribution in [0.2, 0.25) is 0 Å². The van der Waals surface area contributed by atoms with Gasteiger partial charge in [-0.25, -0.2) is 9.97 Å². The van der Waals surface area contributed by atoms with Crippen LogP contribution >= 0.6 is 11.8 Å². The number of piperidine rings is 1. The number of carbonyl (C=O) groups is 1. The Morgan fingerprint density at radius 1 is 1.39 bits per heavy atom. The fourth-order valence-corrected chi connectivity index (χ4v) is 3.71. The van der Waals surface area contributed by atoms with Gasteiger partial charge in [0.15, 0.2) is 5.16 Å². The summed E-state index contributed by atoms with van der Waals surface area (Å²) in [6, 6.07) is 2.53. The van der Waals surface area contributed by atoms with E-state index in [9.17, 15) is 4.79 Å². The minimum atomic E-state index is 0.0689. The number of thioether (sulfide) groups is 1. The van der Waals surface area contributed by atoms with E-state index in [2.05, 4.69) is 34.0 Å². The number of amides is 1. The lowest BCUT2D eigenvalue weighted by Gasteiger charge is -2.35. The SMILES string of the molecule is Cc1cc(C)nc(SCC(=O)NCC2CCCN(C(C)C)C2)n1. The summed E-state index contributed by atoms with van der Waals surface area (Å²) >= 11 is 1.40. The largest absolute Gasteiger partial charge is 0.355 e. The Bertz CT molecular complexity index is 515. The predicted molar refractivity (Wildman–Crippen MR) is 94.7 cm³/mol. The molecule has 0 aromatic carbocycles. The molecule has 2 rings (SSSR count). The van der Waals surface area contributed by atoms with Crippen molar-refractivity contribution in [2.45, 2.75) is 51.7 Å². The lowest BCUT2D eigenvalue weighted by Crippen LogP contribution is -2.44. The van der Waals surface area contributed by atoms with Crippen LogP contribution in [0.4, 0.5) is 0 Å². The van der Waals surface area contributed by atoms with Crippen LogP contribution in [0.25, 0.3) is 0 Å². The molecule has 0 bridgehead atoms. The third-order valence-corrected chi connectivity index (χ3v) is 5.01. The van der Waals surface area contributed by atoms with Gasteiger partial charge in [0.2, 0.25) is 5.91 Å². The molecule has 5 nitrogen and oxygen atoms in total. The van der Waals surface area contributed by atoms with Crippen molar-refractivity contribution in [3.8, 4) is 0 Å². The molecule has 128 valence electrons. The normalized spacial score (nSPS) is 19.1. The van der Waals surface area contributed by atoms with Crippen LogP contribution < -0.4 is 5.32 Å². The van der Waals surface area contributed by atoms with Gasteiger partial charge in [-0.1, -0.05) is 11.8 Å². The van der Waals surface area contributed by atoms with Crippen molar-refractivity contribution >= 4 is 17.7 Å². The molecule has 1 unspecified atom stereocenters. The second-order valence-corrected chi connectivity index (χ2v) is 7.57. The second-order valence-electron chi connectivity index (χ2n) is 6.62. The predicted octanol–water partition coefficient (Wildman–Crippen LogP) is 2.42. The highest BCUT2D eigenvalue weighted by atomic mass is 32.2. The summed E-state index contributed by atoms with van der Waals surface area (Å²) in [6.07, 6.45) is 2.43. The Kier molecular flexibility index (Phi) is 6.84. The van der Waals surface area contributed by atoms with Crippen LogP contribution in [-0.4, -0.2) is 52.2 Å². The molecule has 1 aliphatic rings. The van der Waals surface area contributed by atoms with Crippen LogP contribution in [0.3, 0.4) is 0 Å². The van der Waals surface area contributed by atoms with E-state index in [-0.39, 0.29) is 5.91 Å². The van der Waals surface area contributed by atoms with Gasteiger partial charge in [0, 0.05) is 30.5 Å². The molecule has 0 saturated carbocycles. The molecular weight excluding hydrogens is 308 g/mol. The first-order valence-corrected chi connectivity index (χ1v) is 9.38. The topological polar surface area (TPSA) is 58.1 Å². The molecular formula is C17H28N4OS. The fraction of sp³-hybridized carbons (Fsp3) is 0.706. The van der Waals surface area contributed by atoms with Gasteiger partial charge >= 0.3 is 0 Å². The van der Waals surface area contributed by atoms with Gasteiger partial charge in [-0.3, -0.25) is 4.79 Å². The quantitative estimate of drug-likeness (QED) is 0.639. The van der Waals surface area contributed by atoms with Crippen LogP contribution in [-0.2, 0) is 4.79 Å². The second kappa shape index (κ2) is 8.64. The molecule has 0 aliphatic carbocycles. The van der Waals surface area contributed by atoms with Gasteiger partial charge in [0.05, 0.1) is 5.75 Å². The van der Waals surface area contributed by atoms with Crippen LogP contribution in [0.5, 0.6) is 0 Å². The Balaban J connectivity index is 1.72. The summed E-state index contributed by atoms with van der Waals surface area (Å²) in [5.41, 5.74) is 1.88. The fourth-order valence-electron chi connectivity index (χ4n) is 2.93. The molecule has 6 heteroatoms. The average molecular weight is 337 g/mol. The number of aromatic nitrogens is 2. The Hall–Kier alpha value is -1.14. The van der Waals surface area contributed by atoms with Crippen molar-refractivity contribution < 1.29 is 4.79 Å². The smallest absolute Gasteiger partial charge is 0.230 e. The molecule has 1 aliphatic heterocycles. The van der Waals surface area contributed by atoms with E-state index in [4.69, 9.17) is 0 Å². The van der Waals surface area contributed by atoms with E-state index in [0.29, 0.717) is 22.9 Å². The maximum atomic E-state index is 12.0. The van der Waals surface area contributed by atoms with E-state index < -0.39 is 0 Å². The van der Waals surface area contributed by atoms with Crippen LogP contribution in [0, 0.1) is 19.8 Å². The van der Waals surface area contributed by atoms with E-state index in [1.165, 1.54) is 31.1 Å². The molecule has 2 heterocycles. The number of likely N-dealkylation sites (tertiary alicyclic amines) is 1. The number of nitrogens with zero attached hydrogens (tertiary/aromatic N) is 3. The first-order chi connectivity index (χ1) is 10.9. The van der Waals surface area contributed by atoms with E-state index >= 15 is 0 Å². The molecule has 23 heavy (non-hydrogen) atoms. The number of carbonyl (C=O) groups excluding carboxylic acids is 1. The summed E-state index contributed by atoms with van der Waals surface area (Å²) in [4.78, 5) is 23.2. The van der Waals surface area contributed by atoms with E-state index in [0.717, 1.165) is 24.5 Å². The van der Waals surface area contributed by atoms with Crippen molar-refractivity contribution in [3.63, 3.8) is 0 Å². The van der Waals surface area contributed by atoms with Gasteiger partial charge < -0.3 is 10.2 Å². The Labute approximate surface area is 143 Å². The van der Waals surface area contributed by atoms with Crippen LogP contribution in [0.15, 0.2) is 11.2 Å². The lowest BCUT2D eigenvalue weighted by molar-refractivity contribution is -0.118. The molecule has 1 N–H and O–H groups in total. The van der Waals surface area contributed by atoms with Gasteiger partial charge in [0.25, 0.3) is 0 Å². The monoisotopic (exact) mass is 336 g/mol. The van der Waals surface area contributed by atoms with Gasteiger partial charge in [-0.05, 0) is 59.1 Å². The minimum Gasteiger partial charge on any atom is -0.355 e. The zero-order valence-corrected chi connectivity index (χ0v) is 15.4. The molecule has 0 spiro atoms. The summed E-state index contributed by atoms with van der Waals surface area (Å²) in [6.45, 7) is 11.4. The molecule has 1 atom stereocenters. The molecule has 1 amide bonds. The molecule has 1 saturated heterocycles.